The van der Waals surface area contributed by atoms with Crippen LogP contribution in [-0.4, -0.2) is 41.0 Å². The quantitative estimate of drug-likeness (QED) is 0.682. The van der Waals surface area contributed by atoms with E-state index in [4.69, 9.17) is 4.43 Å². The maximum atomic E-state index is 5.91. The first-order valence-electron chi connectivity index (χ1n) is 5.85. The molecule has 0 aliphatic heterocycles. The van der Waals surface area contributed by atoms with Crippen LogP contribution in [-0.2, 0) is 4.43 Å². The molecule has 0 bridgehead atoms. The molecule has 0 radical (unpaired) electrons. The van der Waals surface area contributed by atoms with Crippen LogP contribution in [0.1, 0.15) is 40.5 Å². The van der Waals surface area contributed by atoms with Crippen LogP contribution in [0.2, 0.25) is 5.04 Å². The molecule has 0 saturated heterocycles. The molecule has 92 valence electrons. The predicted molar refractivity (Wildman–Crippen MR) is 69.1 cm³/mol. The first kappa shape index (κ1) is 15.1. The van der Waals surface area contributed by atoms with Gasteiger partial charge in [0, 0.05) is 12.1 Å². The standard InChI is InChI=1S/C11H28N2OSi/c1-8-10-11(3,4)15(14-7,12-9-2)13(5)6/h12H,8-10H2,1-7H3. The van der Waals surface area contributed by atoms with E-state index in [1.165, 1.54) is 12.8 Å². The molecule has 15 heavy (non-hydrogen) atoms. The van der Waals surface area contributed by atoms with Crippen molar-refractivity contribution in [1.82, 2.24) is 9.55 Å². The lowest BCUT2D eigenvalue weighted by Crippen LogP contribution is -2.69. The Hall–Kier alpha value is 0.0969. The second-order valence-corrected chi connectivity index (χ2v) is 9.20. The summed E-state index contributed by atoms with van der Waals surface area (Å²) in [4.78, 5) is 3.61. The molecule has 0 aromatic rings. The Balaban J connectivity index is 5.03. The third-order valence-electron chi connectivity index (χ3n) is 3.13. The molecular weight excluding hydrogens is 204 g/mol. The second kappa shape index (κ2) is 5.99. The number of hydrogen-bond donors (Lipinski definition) is 1. The average molecular weight is 232 g/mol. The summed E-state index contributed by atoms with van der Waals surface area (Å²) in [5.41, 5.74) is 0. The maximum absolute atomic E-state index is 5.91. The Morgan fingerprint density at radius 3 is 2.07 bits per heavy atom. The summed E-state index contributed by atoms with van der Waals surface area (Å²) in [6.45, 7) is 9.97. The highest BCUT2D eigenvalue weighted by atomic mass is 28.4. The van der Waals surface area contributed by atoms with E-state index < -0.39 is 8.64 Å². The number of nitrogens with zero attached hydrogens (tertiary/aromatic N) is 1. The normalized spacial score (nSPS) is 16.8. The van der Waals surface area contributed by atoms with Crippen molar-refractivity contribution in [2.75, 3.05) is 27.7 Å². The molecule has 0 aliphatic rings. The smallest absolute Gasteiger partial charge is 0.359 e. The van der Waals surface area contributed by atoms with E-state index in [1.807, 2.05) is 7.11 Å². The summed E-state index contributed by atoms with van der Waals surface area (Å²) >= 11 is 0. The van der Waals surface area contributed by atoms with Gasteiger partial charge >= 0.3 is 8.64 Å². The topological polar surface area (TPSA) is 24.5 Å². The zero-order valence-electron chi connectivity index (χ0n) is 11.5. The van der Waals surface area contributed by atoms with Gasteiger partial charge in [0.1, 0.15) is 0 Å². The van der Waals surface area contributed by atoms with E-state index in [0.29, 0.717) is 0 Å². The molecule has 4 heteroatoms. The van der Waals surface area contributed by atoms with Crippen molar-refractivity contribution in [2.45, 2.75) is 45.6 Å². The Kier molecular flexibility index (Phi) is 6.03. The van der Waals surface area contributed by atoms with Crippen molar-refractivity contribution in [2.24, 2.45) is 0 Å². The highest BCUT2D eigenvalue weighted by Crippen LogP contribution is 2.41. The van der Waals surface area contributed by atoms with E-state index in [0.717, 1.165) is 6.54 Å². The lowest BCUT2D eigenvalue weighted by atomic mass is 10.1. The molecule has 0 amide bonds. The van der Waals surface area contributed by atoms with Gasteiger partial charge < -0.3 is 9.41 Å². The molecule has 0 spiro atoms. The van der Waals surface area contributed by atoms with Crippen molar-refractivity contribution < 1.29 is 4.43 Å². The van der Waals surface area contributed by atoms with Crippen molar-refractivity contribution in [3.63, 3.8) is 0 Å². The zero-order chi connectivity index (χ0) is 12.1. The summed E-state index contributed by atoms with van der Waals surface area (Å²) in [6, 6.07) is 0. The minimum Gasteiger partial charge on any atom is -0.395 e. The largest absolute Gasteiger partial charge is 0.395 e. The lowest BCUT2D eigenvalue weighted by Gasteiger charge is -2.46. The Morgan fingerprint density at radius 1 is 1.27 bits per heavy atom. The van der Waals surface area contributed by atoms with Gasteiger partial charge in [-0.3, -0.25) is 4.57 Å². The number of rotatable bonds is 7. The summed E-state index contributed by atoms with van der Waals surface area (Å²) in [5.74, 6) is 0. The molecule has 0 aromatic carbocycles. The maximum Gasteiger partial charge on any atom is 0.359 e. The highest BCUT2D eigenvalue weighted by molar-refractivity contribution is 6.71. The molecule has 0 rings (SSSR count). The van der Waals surface area contributed by atoms with Crippen molar-refractivity contribution >= 4 is 8.64 Å². The van der Waals surface area contributed by atoms with Gasteiger partial charge in [0.2, 0.25) is 0 Å². The minimum atomic E-state index is -2.01. The first-order valence-corrected chi connectivity index (χ1v) is 7.71. The SMILES string of the molecule is CCCC(C)(C)[Si](NCC)(OC)N(C)C. The fourth-order valence-electron chi connectivity index (χ4n) is 2.57. The lowest BCUT2D eigenvalue weighted by molar-refractivity contribution is 0.268. The molecule has 0 fully saturated rings. The Bertz CT molecular complexity index is 185. The molecular formula is C11H28N2OSi. The van der Waals surface area contributed by atoms with Gasteiger partial charge in [-0.2, -0.15) is 0 Å². The molecule has 0 saturated carbocycles. The average Bonchev–Trinajstić information content (AvgIpc) is 2.13. The van der Waals surface area contributed by atoms with E-state index >= 15 is 0 Å². The fourth-order valence-corrected chi connectivity index (χ4v) is 6.70. The van der Waals surface area contributed by atoms with Crippen LogP contribution in [0.3, 0.4) is 0 Å². The van der Waals surface area contributed by atoms with Crippen LogP contribution in [0.5, 0.6) is 0 Å². The van der Waals surface area contributed by atoms with Crippen LogP contribution in [0, 0.1) is 0 Å². The summed E-state index contributed by atoms with van der Waals surface area (Å²) in [5, 5.41) is 0.218. The molecule has 0 aromatic heterocycles. The molecule has 0 heterocycles. The molecule has 1 atom stereocenters. The summed E-state index contributed by atoms with van der Waals surface area (Å²) in [7, 11) is 4.07. The van der Waals surface area contributed by atoms with Crippen LogP contribution < -0.4 is 4.98 Å². The van der Waals surface area contributed by atoms with Crippen LogP contribution in [0.4, 0.5) is 0 Å². The van der Waals surface area contributed by atoms with Crippen molar-refractivity contribution in [3.05, 3.63) is 0 Å². The Labute approximate surface area is 96.5 Å². The summed E-state index contributed by atoms with van der Waals surface area (Å²) in [6.07, 6.45) is 2.39. The van der Waals surface area contributed by atoms with Gasteiger partial charge in [-0.25, -0.2) is 0 Å². The first-order chi connectivity index (χ1) is 6.88. The van der Waals surface area contributed by atoms with Crippen LogP contribution in [0.15, 0.2) is 0 Å². The monoisotopic (exact) mass is 232 g/mol. The minimum absolute atomic E-state index is 0.218. The van der Waals surface area contributed by atoms with Gasteiger partial charge in [-0.05, 0) is 27.1 Å². The van der Waals surface area contributed by atoms with Crippen molar-refractivity contribution in [3.8, 4) is 0 Å². The Morgan fingerprint density at radius 2 is 1.80 bits per heavy atom. The zero-order valence-corrected chi connectivity index (χ0v) is 12.5. The van der Waals surface area contributed by atoms with Crippen LogP contribution in [0.25, 0.3) is 0 Å². The van der Waals surface area contributed by atoms with Gasteiger partial charge in [-0.1, -0.05) is 34.1 Å². The third kappa shape index (κ3) is 3.03. The number of hydrogen-bond acceptors (Lipinski definition) is 3. The molecule has 0 aliphatic carbocycles. The molecule has 3 nitrogen and oxygen atoms in total. The number of nitrogens with one attached hydrogen (secondary N) is 1. The van der Waals surface area contributed by atoms with Gasteiger partial charge in [0.15, 0.2) is 0 Å². The summed E-state index contributed by atoms with van der Waals surface area (Å²) < 4.78 is 8.18. The fraction of sp³-hybridized carbons (Fsp3) is 1.00. The third-order valence-corrected chi connectivity index (χ3v) is 7.90. The van der Waals surface area contributed by atoms with Crippen molar-refractivity contribution in [1.29, 1.82) is 0 Å². The molecule has 1 unspecified atom stereocenters. The van der Waals surface area contributed by atoms with E-state index in [-0.39, 0.29) is 5.04 Å². The van der Waals surface area contributed by atoms with Crippen LogP contribution >= 0.6 is 0 Å². The highest BCUT2D eigenvalue weighted by Gasteiger charge is 2.51. The van der Waals surface area contributed by atoms with E-state index in [1.54, 1.807) is 0 Å². The predicted octanol–water partition coefficient (Wildman–Crippen LogP) is 2.32. The molecule has 1 N–H and O–H groups in total. The van der Waals surface area contributed by atoms with Gasteiger partial charge in [0.05, 0.1) is 0 Å². The van der Waals surface area contributed by atoms with Gasteiger partial charge in [0.25, 0.3) is 0 Å². The van der Waals surface area contributed by atoms with E-state index in [9.17, 15) is 0 Å². The van der Waals surface area contributed by atoms with E-state index in [2.05, 4.69) is 51.3 Å². The second-order valence-electron chi connectivity index (χ2n) is 4.91. The van der Waals surface area contributed by atoms with Gasteiger partial charge in [-0.15, -0.1) is 0 Å².